The Morgan fingerprint density at radius 2 is 1.21 bits per heavy atom. The number of hydrogen-bond acceptors (Lipinski definition) is 1. The number of halogens is 10. The molecule has 2 unspecified atom stereocenters. The molecule has 0 bridgehead atoms. The van der Waals surface area contributed by atoms with Crippen molar-refractivity contribution in [3.05, 3.63) is 0 Å². The van der Waals surface area contributed by atoms with E-state index in [4.69, 9.17) is 0 Å². The van der Waals surface area contributed by atoms with Crippen LogP contribution in [-0.4, -0.2) is 30.5 Å². The summed E-state index contributed by atoms with van der Waals surface area (Å²) >= 11 is 0. The van der Waals surface area contributed by atoms with Crippen LogP contribution in [0.1, 0.15) is 13.3 Å². The van der Waals surface area contributed by atoms with E-state index in [1.165, 1.54) is 0 Å². The average Bonchev–Trinajstić information content (AvgIpc) is 2.35. The van der Waals surface area contributed by atoms with Crippen LogP contribution >= 0.6 is 0 Å². The Labute approximate surface area is 99.1 Å². The van der Waals surface area contributed by atoms with Gasteiger partial charge < -0.3 is 4.74 Å². The SMILES string of the molecule is CC1CC(C(F)(F)F)(C(F)(F)F)C(F)(C(F)(F)F)O1. The van der Waals surface area contributed by atoms with Crippen molar-refractivity contribution in [2.75, 3.05) is 0 Å². The standard InChI is InChI=1S/C8H6F10O/c1-3-2-4(6(10,11)12,7(13,14)15)5(9,19-3)8(16,17)18/h3H,2H2,1H3. The van der Waals surface area contributed by atoms with Crippen LogP contribution in [0.5, 0.6) is 0 Å². The molecule has 1 rings (SSSR count). The summed E-state index contributed by atoms with van der Waals surface area (Å²) in [4.78, 5) is 0. The van der Waals surface area contributed by atoms with E-state index in [0.717, 1.165) is 0 Å². The number of hydrogen-bond donors (Lipinski definition) is 0. The molecule has 0 aromatic rings. The first kappa shape index (κ1) is 16.3. The molecule has 0 amide bonds. The second kappa shape index (κ2) is 3.89. The summed E-state index contributed by atoms with van der Waals surface area (Å²) in [6.45, 7) is 0.499. The van der Waals surface area contributed by atoms with Crippen molar-refractivity contribution >= 4 is 0 Å². The van der Waals surface area contributed by atoms with Gasteiger partial charge in [-0.15, -0.1) is 0 Å². The summed E-state index contributed by atoms with van der Waals surface area (Å²) in [5, 5.41) is 0. The fourth-order valence-corrected chi connectivity index (χ4v) is 2.05. The molecule has 1 heterocycles. The quantitative estimate of drug-likeness (QED) is 0.611. The van der Waals surface area contributed by atoms with Crippen LogP contribution in [0.25, 0.3) is 0 Å². The highest BCUT2D eigenvalue weighted by Crippen LogP contribution is 2.68. The molecule has 1 aliphatic heterocycles. The molecule has 0 aromatic carbocycles. The fourth-order valence-electron chi connectivity index (χ4n) is 2.05. The zero-order valence-corrected chi connectivity index (χ0v) is 8.97. The Hall–Kier alpha value is -0.740. The highest BCUT2D eigenvalue weighted by molar-refractivity contribution is 5.11. The van der Waals surface area contributed by atoms with E-state index in [9.17, 15) is 43.9 Å². The third-order valence-electron chi connectivity index (χ3n) is 2.84. The Bertz CT molecular complexity index is 338. The summed E-state index contributed by atoms with van der Waals surface area (Å²) in [5.41, 5.74) is -5.63. The van der Waals surface area contributed by atoms with Gasteiger partial charge in [0.2, 0.25) is 5.41 Å². The number of ether oxygens (including phenoxy) is 1. The van der Waals surface area contributed by atoms with Gasteiger partial charge in [-0.3, -0.25) is 0 Å². The predicted octanol–water partition coefficient (Wildman–Crippen LogP) is 4.13. The average molecular weight is 308 g/mol. The van der Waals surface area contributed by atoms with Crippen LogP contribution in [0.15, 0.2) is 0 Å². The van der Waals surface area contributed by atoms with E-state index in [0.29, 0.717) is 6.92 Å². The first-order chi connectivity index (χ1) is 8.10. The normalized spacial score (nSPS) is 32.7. The second-order valence-corrected chi connectivity index (χ2v) is 4.13. The first-order valence-corrected chi connectivity index (χ1v) is 4.67. The van der Waals surface area contributed by atoms with Crippen molar-refractivity contribution in [2.45, 2.75) is 43.8 Å². The van der Waals surface area contributed by atoms with Crippen molar-refractivity contribution in [1.29, 1.82) is 0 Å². The molecular weight excluding hydrogens is 302 g/mol. The van der Waals surface area contributed by atoms with Crippen LogP contribution in [0.3, 0.4) is 0 Å². The summed E-state index contributed by atoms with van der Waals surface area (Å²) in [6, 6.07) is 0. The van der Waals surface area contributed by atoms with E-state index in [-0.39, 0.29) is 0 Å². The molecule has 0 spiro atoms. The topological polar surface area (TPSA) is 9.23 Å². The van der Waals surface area contributed by atoms with Crippen LogP contribution in [-0.2, 0) is 4.74 Å². The summed E-state index contributed by atoms with van der Waals surface area (Å²) in [7, 11) is 0. The van der Waals surface area contributed by atoms with E-state index in [2.05, 4.69) is 4.74 Å². The van der Waals surface area contributed by atoms with E-state index in [1.54, 1.807) is 0 Å². The van der Waals surface area contributed by atoms with E-state index in [1.807, 2.05) is 0 Å². The fraction of sp³-hybridized carbons (Fsp3) is 1.00. The summed E-state index contributed by atoms with van der Waals surface area (Å²) < 4.78 is 129. The zero-order chi connectivity index (χ0) is 15.5. The Balaban J connectivity index is 3.62. The smallest absolute Gasteiger partial charge is 0.335 e. The van der Waals surface area contributed by atoms with Gasteiger partial charge in [-0.25, -0.2) is 4.39 Å². The summed E-state index contributed by atoms with van der Waals surface area (Å²) in [6.07, 6.45) is -23.9. The van der Waals surface area contributed by atoms with Crippen molar-refractivity contribution in [2.24, 2.45) is 5.41 Å². The predicted molar refractivity (Wildman–Crippen MR) is 39.6 cm³/mol. The first-order valence-electron chi connectivity index (χ1n) is 4.67. The maximum atomic E-state index is 13.6. The van der Waals surface area contributed by atoms with E-state index < -0.39 is 42.3 Å². The van der Waals surface area contributed by atoms with Gasteiger partial charge in [-0.05, 0) is 6.92 Å². The molecule has 0 aliphatic carbocycles. The molecule has 2 atom stereocenters. The lowest BCUT2D eigenvalue weighted by molar-refractivity contribution is -0.450. The van der Waals surface area contributed by atoms with Gasteiger partial charge in [0, 0.05) is 6.42 Å². The van der Waals surface area contributed by atoms with Crippen LogP contribution < -0.4 is 0 Å². The van der Waals surface area contributed by atoms with Gasteiger partial charge in [0.15, 0.2) is 0 Å². The third kappa shape index (κ3) is 1.96. The largest absolute Gasteiger partial charge is 0.449 e. The molecule has 0 radical (unpaired) electrons. The Morgan fingerprint density at radius 1 is 0.842 bits per heavy atom. The minimum atomic E-state index is -6.51. The lowest BCUT2D eigenvalue weighted by atomic mass is 9.76. The lowest BCUT2D eigenvalue weighted by Gasteiger charge is -2.41. The Morgan fingerprint density at radius 3 is 1.42 bits per heavy atom. The number of alkyl halides is 10. The maximum Gasteiger partial charge on any atom is 0.449 e. The molecule has 0 saturated carbocycles. The minimum Gasteiger partial charge on any atom is -0.335 e. The molecule has 19 heavy (non-hydrogen) atoms. The minimum absolute atomic E-state index is 0.499. The number of rotatable bonds is 0. The van der Waals surface area contributed by atoms with Gasteiger partial charge in [-0.2, -0.15) is 39.5 Å². The van der Waals surface area contributed by atoms with Crippen molar-refractivity contribution in [1.82, 2.24) is 0 Å². The van der Waals surface area contributed by atoms with Crippen LogP contribution in [0.2, 0.25) is 0 Å². The second-order valence-electron chi connectivity index (χ2n) is 4.13. The van der Waals surface area contributed by atoms with Gasteiger partial charge >= 0.3 is 24.4 Å². The van der Waals surface area contributed by atoms with Crippen molar-refractivity contribution < 1.29 is 48.6 Å². The highest BCUT2D eigenvalue weighted by atomic mass is 19.4. The highest BCUT2D eigenvalue weighted by Gasteiger charge is 2.91. The molecule has 1 fully saturated rings. The van der Waals surface area contributed by atoms with Crippen LogP contribution in [0.4, 0.5) is 43.9 Å². The molecule has 0 N–H and O–H groups in total. The zero-order valence-electron chi connectivity index (χ0n) is 8.97. The monoisotopic (exact) mass is 308 g/mol. The Kier molecular flexibility index (Phi) is 3.34. The van der Waals surface area contributed by atoms with Gasteiger partial charge in [0.25, 0.3) is 0 Å². The molecular formula is C8H6F10O. The summed E-state index contributed by atoms with van der Waals surface area (Å²) in [5.74, 6) is -5.87. The van der Waals surface area contributed by atoms with Gasteiger partial charge in [0.1, 0.15) is 0 Å². The van der Waals surface area contributed by atoms with Crippen molar-refractivity contribution in [3.8, 4) is 0 Å². The molecule has 1 aliphatic rings. The van der Waals surface area contributed by atoms with E-state index >= 15 is 0 Å². The van der Waals surface area contributed by atoms with Crippen LogP contribution in [0, 0.1) is 5.41 Å². The van der Waals surface area contributed by atoms with Gasteiger partial charge in [-0.1, -0.05) is 0 Å². The molecule has 114 valence electrons. The lowest BCUT2D eigenvalue weighted by Crippen LogP contribution is -2.65. The van der Waals surface area contributed by atoms with Gasteiger partial charge in [0.05, 0.1) is 6.10 Å². The molecule has 11 heteroatoms. The van der Waals surface area contributed by atoms with Crippen molar-refractivity contribution in [3.63, 3.8) is 0 Å². The molecule has 0 aromatic heterocycles. The third-order valence-corrected chi connectivity index (χ3v) is 2.84. The molecule has 1 saturated heterocycles. The molecule has 1 nitrogen and oxygen atoms in total. The maximum absolute atomic E-state index is 13.6.